The zero-order chi connectivity index (χ0) is 16.8. The standard InChI is InChI=1S/C16H17Cl2N3O2/c1-3-5-20(16(22)21-6-4-19-11-21)7-8-23-15-12(2)9-13(17)10-14(15)18/h3-4,6,9-11H,1,5,7-8H2,2H3. The van der Waals surface area contributed by atoms with Crippen LogP contribution in [0.25, 0.3) is 0 Å². The molecule has 122 valence electrons. The largest absolute Gasteiger partial charge is 0.490 e. The number of ether oxygens (including phenoxy) is 1. The summed E-state index contributed by atoms with van der Waals surface area (Å²) < 4.78 is 7.13. The van der Waals surface area contributed by atoms with Crippen molar-refractivity contribution in [1.29, 1.82) is 0 Å². The van der Waals surface area contributed by atoms with Gasteiger partial charge in [-0.1, -0.05) is 29.3 Å². The number of aromatic nitrogens is 2. The predicted molar refractivity (Wildman–Crippen MR) is 91.5 cm³/mol. The Bertz CT molecular complexity index is 664. The van der Waals surface area contributed by atoms with Gasteiger partial charge in [-0.2, -0.15) is 0 Å². The molecule has 0 saturated heterocycles. The number of halogens is 2. The first-order valence-electron chi connectivity index (χ1n) is 6.99. The summed E-state index contributed by atoms with van der Waals surface area (Å²) in [5, 5.41) is 1.01. The van der Waals surface area contributed by atoms with E-state index < -0.39 is 0 Å². The van der Waals surface area contributed by atoms with Crippen molar-refractivity contribution in [2.75, 3.05) is 19.7 Å². The van der Waals surface area contributed by atoms with Gasteiger partial charge in [-0.05, 0) is 24.6 Å². The average Bonchev–Trinajstić information content (AvgIpc) is 3.02. The number of amides is 1. The van der Waals surface area contributed by atoms with Crippen molar-refractivity contribution in [2.45, 2.75) is 6.92 Å². The molecule has 2 rings (SSSR count). The summed E-state index contributed by atoms with van der Waals surface area (Å²) in [7, 11) is 0. The fraction of sp³-hybridized carbons (Fsp3) is 0.250. The molecule has 0 saturated carbocycles. The molecule has 7 heteroatoms. The van der Waals surface area contributed by atoms with Crippen LogP contribution in [0.3, 0.4) is 0 Å². The van der Waals surface area contributed by atoms with Gasteiger partial charge in [0, 0.05) is 24.0 Å². The highest BCUT2D eigenvalue weighted by atomic mass is 35.5. The first-order chi connectivity index (χ1) is 11.0. The minimum Gasteiger partial charge on any atom is -0.490 e. The topological polar surface area (TPSA) is 47.4 Å². The molecule has 0 aliphatic heterocycles. The lowest BCUT2D eigenvalue weighted by molar-refractivity contribution is 0.190. The molecule has 0 bridgehead atoms. The van der Waals surface area contributed by atoms with E-state index in [0.717, 1.165) is 5.56 Å². The van der Waals surface area contributed by atoms with Crippen LogP contribution in [-0.2, 0) is 0 Å². The second-order valence-corrected chi connectivity index (χ2v) is 5.71. The van der Waals surface area contributed by atoms with Gasteiger partial charge in [0.05, 0.1) is 11.6 Å². The van der Waals surface area contributed by atoms with Crippen LogP contribution >= 0.6 is 23.2 Å². The third kappa shape index (κ3) is 4.50. The Hall–Kier alpha value is -1.98. The van der Waals surface area contributed by atoms with Gasteiger partial charge < -0.3 is 9.64 Å². The molecule has 0 spiro atoms. The Morgan fingerprint density at radius 1 is 1.48 bits per heavy atom. The molecule has 2 aromatic rings. The zero-order valence-electron chi connectivity index (χ0n) is 12.7. The summed E-state index contributed by atoms with van der Waals surface area (Å²) >= 11 is 12.1. The summed E-state index contributed by atoms with van der Waals surface area (Å²) in [5.41, 5.74) is 0.846. The lowest BCUT2D eigenvalue weighted by Gasteiger charge is -2.21. The van der Waals surface area contributed by atoms with Gasteiger partial charge in [0.25, 0.3) is 0 Å². The number of carbonyl (C=O) groups is 1. The van der Waals surface area contributed by atoms with Gasteiger partial charge in [-0.3, -0.25) is 4.57 Å². The Labute approximate surface area is 145 Å². The molecule has 1 heterocycles. The molecule has 23 heavy (non-hydrogen) atoms. The van der Waals surface area contributed by atoms with E-state index in [4.69, 9.17) is 27.9 Å². The lowest BCUT2D eigenvalue weighted by Crippen LogP contribution is -2.37. The monoisotopic (exact) mass is 353 g/mol. The van der Waals surface area contributed by atoms with E-state index in [2.05, 4.69) is 11.6 Å². The number of carbonyl (C=O) groups excluding carboxylic acids is 1. The van der Waals surface area contributed by atoms with Crippen LogP contribution in [0.15, 0.2) is 43.5 Å². The molecular formula is C16H17Cl2N3O2. The minimum atomic E-state index is -0.190. The number of imidazole rings is 1. The number of nitrogens with zero attached hydrogens (tertiary/aromatic N) is 3. The predicted octanol–water partition coefficient (Wildman–Crippen LogP) is 4.03. The number of aryl methyl sites for hydroxylation is 1. The number of rotatable bonds is 6. The molecule has 5 nitrogen and oxygen atoms in total. The molecule has 1 aromatic heterocycles. The summed E-state index contributed by atoms with van der Waals surface area (Å²) in [4.78, 5) is 17.8. The summed E-state index contributed by atoms with van der Waals surface area (Å²) in [6.45, 7) is 6.64. The maximum absolute atomic E-state index is 12.3. The van der Waals surface area contributed by atoms with Crippen LogP contribution < -0.4 is 4.74 Å². The molecule has 0 N–H and O–H groups in total. The smallest absolute Gasteiger partial charge is 0.329 e. The Morgan fingerprint density at radius 3 is 2.87 bits per heavy atom. The van der Waals surface area contributed by atoms with Gasteiger partial charge in [0.1, 0.15) is 18.7 Å². The minimum absolute atomic E-state index is 0.190. The number of hydrogen-bond acceptors (Lipinski definition) is 3. The van der Waals surface area contributed by atoms with Crippen LogP contribution in [-0.4, -0.2) is 40.2 Å². The van der Waals surface area contributed by atoms with Crippen molar-refractivity contribution in [3.05, 3.63) is 59.1 Å². The fourth-order valence-corrected chi connectivity index (χ4v) is 2.74. The van der Waals surface area contributed by atoms with Crippen LogP contribution in [0, 0.1) is 6.92 Å². The number of hydrogen-bond donors (Lipinski definition) is 0. The van der Waals surface area contributed by atoms with Gasteiger partial charge in [0.2, 0.25) is 0 Å². The Balaban J connectivity index is 2.00. The first kappa shape index (κ1) is 17.4. The summed E-state index contributed by atoms with van der Waals surface area (Å²) in [6.07, 6.45) is 6.27. The van der Waals surface area contributed by atoms with Crippen molar-refractivity contribution in [2.24, 2.45) is 0 Å². The van der Waals surface area contributed by atoms with Crippen molar-refractivity contribution in [1.82, 2.24) is 14.5 Å². The number of benzene rings is 1. The average molecular weight is 354 g/mol. The van der Waals surface area contributed by atoms with E-state index in [0.29, 0.717) is 35.5 Å². The third-order valence-corrected chi connectivity index (χ3v) is 3.65. The van der Waals surface area contributed by atoms with Gasteiger partial charge in [-0.15, -0.1) is 6.58 Å². The van der Waals surface area contributed by atoms with Gasteiger partial charge in [-0.25, -0.2) is 9.78 Å². The van der Waals surface area contributed by atoms with E-state index in [1.807, 2.05) is 6.92 Å². The second-order valence-electron chi connectivity index (χ2n) is 4.87. The third-order valence-electron chi connectivity index (χ3n) is 3.15. The zero-order valence-corrected chi connectivity index (χ0v) is 14.2. The van der Waals surface area contributed by atoms with E-state index in [1.54, 1.807) is 35.5 Å². The van der Waals surface area contributed by atoms with Gasteiger partial charge >= 0.3 is 6.03 Å². The van der Waals surface area contributed by atoms with E-state index in [1.165, 1.54) is 10.9 Å². The van der Waals surface area contributed by atoms with E-state index in [-0.39, 0.29) is 6.03 Å². The molecule has 0 radical (unpaired) electrons. The van der Waals surface area contributed by atoms with Gasteiger partial charge in [0.15, 0.2) is 0 Å². The highest BCUT2D eigenvalue weighted by Gasteiger charge is 2.14. The quantitative estimate of drug-likeness (QED) is 0.736. The molecule has 0 unspecified atom stereocenters. The SMILES string of the molecule is C=CCN(CCOc1c(C)cc(Cl)cc1Cl)C(=O)n1ccnc1. The molecule has 1 aromatic carbocycles. The lowest BCUT2D eigenvalue weighted by atomic mass is 10.2. The normalized spacial score (nSPS) is 10.4. The Morgan fingerprint density at radius 2 is 2.26 bits per heavy atom. The molecular weight excluding hydrogens is 337 g/mol. The van der Waals surface area contributed by atoms with Crippen molar-refractivity contribution < 1.29 is 9.53 Å². The summed E-state index contributed by atoms with van der Waals surface area (Å²) in [6, 6.07) is 3.22. The van der Waals surface area contributed by atoms with E-state index >= 15 is 0 Å². The Kier molecular flexibility index (Phi) is 6.07. The highest BCUT2D eigenvalue weighted by molar-refractivity contribution is 6.35. The maximum atomic E-state index is 12.3. The maximum Gasteiger partial charge on any atom is 0.329 e. The molecule has 1 amide bonds. The van der Waals surface area contributed by atoms with Crippen LogP contribution in [0.1, 0.15) is 5.56 Å². The second kappa shape index (κ2) is 8.04. The highest BCUT2D eigenvalue weighted by Crippen LogP contribution is 2.31. The first-order valence-corrected chi connectivity index (χ1v) is 7.75. The fourth-order valence-electron chi connectivity index (χ4n) is 2.09. The van der Waals surface area contributed by atoms with Crippen LogP contribution in [0.5, 0.6) is 5.75 Å². The van der Waals surface area contributed by atoms with Crippen LogP contribution in [0.4, 0.5) is 4.79 Å². The van der Waals surface area contributed by atoms with Crippen LogP contribution in [0.2, 0.25) is 10.0 Å². The van der Waals surface area contributed by atoms with Crippen molar-refractivity contribution >= 4 is 29.2 Å². The van der Waals surface area contributed by atoms with Crippen molar-refractivity contribution in [3.8, 4) is 5.75 Å². The van der Waals surface area contributed by atoms with E-state index in [9.17, 15) is 4.79 Å². The summed E-state index contributed by atoms with van der Waals surface area (Å²) in [5.74, 6) is 0.574. The molecule has 0 fully saturated rings. The molecule has 0 atom stereocenters. The molecule has 0 aliphatic rings. The molecule has 0 aliphatic carbocycles. The van der Waals surface area contributed by atoms with Crippen molar-refractivity contribution in [3.63, 3.8) is 0 Å².